The highest BCUT2D eigenvalue weighted by molar-refractivity contribution is 9.10. The van der Waals surface area contributed by atoms with Crippen molar-refractivity contribution in [1.29, 1.82) is 0 Å². The molecule has 2 aromatic heterocycles. The summed E-state index contributed by atoms with van der Waals surface area (Å²) in [4.78, 5) is 14.4. The van der Waals surface area contributed by atoms with Gasteiger partial charge in [0, 0.05) is 20.7 Å². The molecule has 1 N–H and O–H groups in total. The first kappa shape index (κ1) is 8.68. The summed E-state index contributed by atoms with van der Waals surface area (Å²) < 4.78 is 2.07. The lowest BCUT2D eigenvalue weighted by Crippen LogP contribution is -2.05. The minimum atomic E-state index is 0.0116. The summed E-state index contributed by atoms with van der Waals surface area (Å²) in [6.45, 7) is 0. The maximum atomic E-state index is 11.6. The Kier molecular flexibility index (Phi) is 1.82. The van der Waals surface area contributed by atoms with Gasteiger partial charge < -0.3 is 4.98 Å². The smallest absolute Gasteiger partial charge is 0.257 e. The van der Waals surface area contributed by atoms with E-state index in [1.807, 2.05) is 11.6 Å². The van der Waals surface area contributed by atoms with Gasteiger partial charge in [0.25, 0.3) is 5.56 Å². The molecule has 1 aliphatic carbocycles. The number of rotatable bonds is 1. The number of H-pyrrole nitrogens is 1. The van der Waals surface area contributed by atoms with E-state index in [-0.39, 0.29) is 5.56 Å². The van der Waals surface area contributed by atoms with Crippen LogP contribution in [-0.4, -0.2) is 4.98 Å². The number of hydrogen-bond acceptors (Lipinski definition) is 2. The minimum absolute atomic E-state index is 0.0116. The lowest BCUT2D eigenvalue weighted by molar-refractivity contribution is 1.11. The Bertz CT molecular complexity index is 553. The Morgan fingerprint density at radius 1 is 1.50 bits per heavy atom. The third kappa shape index (κ3) is 1.17. The monoisotopic (exact) mass is 269 g/mol. The molecule has 1 aliphatic rings. The molecule has 1 saturated carbocycles. The van der Waals surface area contributed by atoms with Crippen LogP contribution < -0.4 is 5.56 Å². The zero-order chi connectivity index (χ0) is 9.71. The topological polar surface area (TPSA) is 32.9 Å². The number of thiophene rings is 1. The second-order valence-electron chi connectivity index (χ2n) is 3.64. The molecule has 14 heavy (non-hydrogen) atoms. The van der Waals surface area contributed by atoms with Crippen LogP contribution in [0.25, 0.3) is 10.1 Å². The van der Waals surface area contributed by atoms with Gasteiger partial charge in [0.2, 0.25) is 0 Å². The van der Waals surface area contributed by atoms with Crippen LogP contribution in [0.15, 0.2) is 20.8 Å². The Balaban J connectivity index is 2.42. The molecule has 0 aromatic carbocycles. The van der Waals surface area contributed by atoms with Crippen molar-refractivity contribution in [3.05, 3.63) is 32.0 Å². The van der Waals surface area contributed by atoms with E-state index < -0.39 is 0 Å². The molecular formula is C10H8BrNOS. The van der Waals surface area contributed by atoms with Crippen molar-refractivity contribution >= 4 is 37.4 Å². The molecule has 2 aromatic rings. The highest BCUT2D eigenvalue weighted by Crippen LogP contribution is 2.44. The maximum Gasteiger partial charge on any atom is 0.257 e. The average Bonchev–Trinajstić information content (AvgIpc) is 2.92. The van der Waals surface area contributed by atoms with Crippen molar-refractivity contribution in [2.75, 3.05) is 0 Å². The van der Waals surface area contributed by atoms with E-state index in [4.69, 9.17) is 0 Å². The van der Waals surface area contributed by atoms with Crippen LogP contribution in [0.4, 0.5) is 0 Å². The normalized spacial score (nSPS) is 16.4. The van der Waals surface area contributed by atoms with Crippen LogP contribution in [0.2, 0.25) is 0 Å². The van der Waals surface area contributed by atoms with Crippen LogP contribution in [0.3, 0.4) is 0 Å². The zero-order valence-corrected chi connectivity index (χ0v) is 9.74. The van der Waals surface area contributed by atoms with Gasteiger partial charge in [-0.05, 0) is 40.3 Å². The number of pyridine rings is 1. The van der Waals surface area contributed by atoms with E-state index in [2.05, 4.69) is 20.9 Å². The Morgan fingerprint density at radius 3 is 3.00 bits per heavy atom. The number of halogens is 1. The largest absolute Gasteiger partial charge is 0.328 e. The Morgan fingerprint density at radius 2 is 2.29 bits per heavy atom. The van der Waals surface area contributed by atoms with Gasteiger partial charge in [-0.1, -0.05) is 0 Å². The lowest BCUT2D eigenvalue weighted by atomic mass is 10.1. The number of nitrogens with one attached hydrogen (secondary N) is 1. The highest BCUT2D eigenvalue weighted by Gasteiger charge is 2.26. The van der Waals surface area contributed by atoms with Crippen molar-refractivity contribution in [2.45, 2.75) is 18.8 Å². The van der Waals surface area contributed by atoms with Crippen LogP contribution in [0, 0.1) is 0 Å². The van der Waals surface area contributed by atoms with E-state index in [1.165, 1.54) is 18.4 Å². The minimum Gasteiger partial charge on any atom is -0.328 e. The second kappa shape index (κ2) is 2.94. The SMILES string of the molecule is O=c1[nH]cc(C2CC2)c2scc(Br)c12. The maximum absolute atomic E-state index is 11.6. The van der Waals surface area contributed by atoms with Gasteiger partial charge >= 0.3 is 0 Å². The van der Waals surface area contributed by atoms with E-state index >= 15 is 0 Å². The molecule has 0 aliphatic heterocycles. The number of aromatic amines is 1. The first-order valence-electron chi connectivity index (χ1n) is 4.55. The standard InChI is InChI=1S/C10H8BrNOS/c11-7-4-14-9-6(5-1-2-5)3-12-10(13)8(7)9/h3-5H,1-2H2,(H,12,13). The van der Waals surface area contributed by atoms with E-state index in [0.717, 1.165) is 14.6 Å². The molecule has 1 fully saturated rings. The van der Waals surface area contributed by atoms with Crippen LogP contribution in [0.5, 0.6) is 0 Å². The molecule has 4 heteroatoms. The molecule has 0 bridgehead atoms. The fourth-order valence-corrected chi connectivity index (χ4v) is 3.55. The van der Waals surface area contributed by atoms with Crippen molar-refractivity contribution < 1.29 is 0 Å². The van der Waals surface area contributed by atoms with E-state index in [1.54, 1.807) is 11.3 Å². The first-order chi connectivity index (χ1) is 6.77. The highest BCUT2D eigenvalue weighted by atomic mass is 79.9. The van der Waals surface area contributed by atoms with Crippen LogP contribution in [0.1, 0.15) is 24.3 Å². The third-order valence-electron chi connectivity index (χ3n) is 2.61. The molecule has 2 heterocycles. The average molecular weight is 270 g/mol. The molecule has 2 nitrogen and oxygen atoms in total. The molecule has 0 saturated heterocycles. The van der Waals surface area contributed by atoms with Crippen molar-refractivity contribution in [3.63, 3.8) is 0 Å². The summed E-state index contributed by atoms with van der Waals surface area (Å²) in [6, 6.07) is 0. The van der Waals surface area contributed by atoms with Crippen molar-refractivity contribution in [1.82, 2.24) is 4.98 Å². The molecule has 0 amide bonds. The summed E-state index contributed by atoms with van der Waals surface area (Å²) in [6.07, 6.45) is 4.40. The molecule has 0 unspecified atom stereocenters. The van der Waals surface area contributed by atoms with Gasteiger partial charge in [-0.15, -0.1) is 11.3 Å². The molecule has 0 atom stereocenters. The second-order valence-corrected chi connectivity index (χ2v) is 5.37. The lowest BCUT2D eigenvalue weighted by Gasteiger charge is -1.98. The summed E-state index contributed by atoms with van der Waals surface area (Å²) in [5.74, 6) is 0.680. The van der Waals surface area contributed by atoms with Crippen molar-refractivity contribution in [2.24, 2.45) is 0 Å². The van der Waals surface area contributed by atoms with Gasteiger partial charge in [-0.3, -0.25) is 4.79 Å². The predicted octanol–water partition coefficient (Wildman–Crippen LogP) is 3.23. The zero-order valence-electron chi connectivity index (χ0n) is 7.34. The van der Waals surface area contributed by atoms with Gasteiger partial charge in [0.1, 0.15) is 0 Å². The quantitative estimate of drug-likeness (QED) is 0.847. The fourth-order valence-electron chi connectivity index (χ4n) is 1.74. The van der Waals surface area contributed by atoms with Crippen LogP contribution in [-0.2, 0) is 0 Å². The van der Waals surface area contributed by atoms with E-state index in [9.17, 15) is 4.79 Å². The first-order valence-corrected chi connectivity index (χ1v) is 6.23. The molecular weight excluding hydrogens is 262 g/mol. The van der Waals surface area contributed by atoms with Gasteiger partial charge in [-0.2, -0.15) is 0 Å². The molecule has 72 valence electrons. The summed E-state index contributed by atoms with van der Waals surface area (Å²) in [7, 11) is 0. The van der Waals surface area contributed by atoms with Crippen LogP contribution >= 0.6 is 27.3 Å². The predicted molar refractivity (Wildman–Crippen MR) is 62.1 cm³/mol. The molecule has 3 rings (SSSR count). The third-order valence-corrected chi connectivity index (χ3v) is 4.57. The number of hydrogen-bond donors (Lipinski definition) is 1. The van der Waals surface area contributed by atoms with E-state index in [0.29, 0.717) is 5.92 Å². The summed E-state index contributed by atoms with van der Waals surface area (Å²) in [5.41, 5.74) is 1.33. The fraction of sp³-hybridized carbons (Fsp3) is 0.300. The van der Waals surface area contributed by atoms with Gasteiger partial charge in [-0.25, -0.2) is 0 Å². The Hall–Kier alpha value is -0.610. The van der Waals surface area contributed by atoms with Crippen molar-refractivity contribution in [3.8, 4) is 0 Å². The summed E-state index contributed by atoms with van der Waals surface area (Å²) >= 11 is 5.07. The summed E-state index contributed by atoms with van der Waals surface area (Å²) in [5, 5.41) is 2.81. The van der Waals surface area contributed by atoms with Gasteiger partial charge in [0.15, 0.2) is 0 Å². The molecule has 0 spiro atoms. The number of fused-ring (bicyclic) bond motifs is 1. The van der Waals surface area contributed by atoms with Gasteiger partial charge in [0.05, 0.1) is 5.39 Å². The Labute approximate surface area is 93.1 Å². The molecule has 0 radical (unpaired) electrons. The number of aromatic nitrogens is 1.